The summed E-state index contributed by atoms with van der Waals surface area (Å²) >= 11 is 0. The first-order chi connectivity index (χ1) is 16.0. The van der Waals surface area contributed by atoms with E-state index >= 15 is 0 Å². The molecule has 7 nitrogen and oxygen atoms in total. The standard InChI is InChI=1S/C25H19FN2O5/c26-18-6-3-16(4-7-18)22-21(23(29)17-5-8-19-20(12-17)33-11-10-32-19)24(30)25(31)28(22)14-15-2-1-9-27-13-15/h1-9,12-13,22,29H,10-11,14H2/t22-/m0/s1. The Hall–Kier alpha value is -4.20. The molecule has 1 atom stereocenters. The highest BCUT2D eigenvalue weighted by Crippen LogP contribution is 2.41. The maximum absolute atomic E-state index is 13.6. The zero-order valence-electron chi connectivity index (χ0n) is 17.4. The second-order valence-corrected chi connectivity index (χ2v) is 7.70. The molecule has 5 rings (SSSR count). The Kier molecular flexibility index (Phi) is 5.26. The van der Waals surface area contributed by atoms with Gasteiger partial charge in [0.1, 0.15) is 24.8 Å². The lowest BCUT2D eigenvalue weighted by Crippen LogP contribution is -2.29. The fraction of sp³-hybridized carbons (Fsp3) is 0.160. The van der Waals surface area contributed by atoms with Crippen LogP contribution in [0.25, 0.3) is 5.76 Å². The molecular weight excluding hydrogens is 427 g/mol. The number of benzene rings is 2. The van der Waals surface area contributed by atoms with Crippen LogP contribution in [0.4, 0.5) is 4.39 Å². The number of carbonyl (C=O) groups is 2. The first-order valence-electron chi connectivity index (χ1n) is 10.4. The summed E-state index contributed by atoms with van der Waals surface area (Å²) in [5.41, 5.74) is 1.45. The van der Waals surface area contributed by atoms with Crippen molar-refractivity contribution < 1.29 is 28.6 Å². The van der Waals surface area contributed by atoms with Crippen molar-refractivity contribution >= 4 is 17.4 Å². The Morgan fingerprint density at radius 1 is 1.06 bits per heavy atom. The van der Waals surface area contributed by atoms with Gasteiger partial charge in [-0.05, 0) is 47.5 Å². The fourth-order valence-electron chi connectivity index (χ4n) is 4.07. The number of aromatic nitrogens is 1. The van der Waals surface area contributed by atoms with E-state index in [1.54, 1.807) is 42.7 Å². The number of fused-ring (bicyclic) bond motifs is 1. The third-order valence-electron chi connectivity index (χ3n) is 5.62. The SMILES string of the molecule is O=C1C(=O)N(Cc2cccnc2)[C@@H](c2ccc(F)cc2)C1=C(O)c1ccc2c(c1)OCCO2. The van der Waals surface area contributed by atoms with Gasteiger partial charge in [-0.3, -0.25) is 14.6 Å². The van der Waals surface area contributed by atoms with Gasteiger partial charge >= 0.3 is 0 Å². The van der Waals surface area contributed by atoms with Crippen molar-refractivity contribution in [3.63, 3.8) is 0 Å². The van der Waals surface area contributed by atoms with Crippen LogP contribution < -0.4 is 9.47 Å². The summed E-state index contributed by atoms with van der Waals surface area (Å²) < 4.78 is 24.7. The van der Waals surface area contributed by atoms with E-state index in [-0.39, 0.29) is 17.9 Å². The van der Waals surface area contributed by atoms with Gasteiger partial charge in [-0.2, -0.15) is 0 Å². The summed E-state index contributed by atoms with van der Waals surface area (Å²) in [5.74, 6) is -1.39. The summed E-state index contributed by atoms with van der Waals surface area (Å²) in [7, 11) is 0. The number of aliphatic hydroxyl groups excluding tert-OH is 1. The molecule has 33 heavy (non-hydrogen) atoms. The van der Waals surface area contributed by atoms with Crippen molar-refractivity contribution in [2.24, 2.45) is 0 Å². The number of hydrogen-bond acceptors (Lipinski definition) is 6. The second kappa shape index (κ2) is 8.38. The molecule has 1 saturated heterocycles. The van der Waals surface area contributed by atoms with E-state index in [1.165, 1.54) is 29.2 Å². The van der Waals surface area contributed by atoms with Gasteiger partial charge in [0.05, 0.1) is 11.6 Å². The summed E-state index contributed by atoms with van der Waals surface area (Å²) in [6, 6.07) is 12.9. The number of rotatable bonds is 4. The lowest BCUT2D eigenvalue weighted by molar-refractivity contribution is -0.140. The first kappa shape index (κ1) is 20.7. The predicted molar refractivity (Wildman–Crippen MR) is 116 cm³/mol. The van der Waals surface area contributed by atoms with E-state index in [9.17, 15) is 19.1 Å². The zero-order valence-corrected chi connectivity index (χ0v) is 17.4. The molecule has 1 aromatic heterocycles. The van der Waals surface area contributed by atoms with Gasteiger partial charge in [0, 0.05) is 24.5 Å². The normalized spacial score (nSPS) is 19.1. The minimum Gasteiger partial charge on any atom is -0.507 e. The molecule has 3 heterocycles. The molecule has 1 fully saturated rings. The van der Waals surface area contributed by atoms with Crippen molar-refractivity contribution in [1.29, 1.82) is 0 Å². The molecule has 0 spiro atoms. The Morgan fingerprint density at radius 3 is 2.55 bits per heavy atom. The van der Waals surface area contributed by atoms with E-state index < -0.39 is 23.5 Å². The Morgan fingerprint density at radius 2 is 1.82 bits per heavy atom. The summed E-state index contributed by atoms with van der Waals surface area (Å²) in [4.78, 5) is 31.6. The number of halogens is 1. The highest BCUT2D eigenvalue weighted by atomic mass is 19.1. The minimum atomic E-state index is -0.904. The molecule has 2 aromatic carbocycles. The maximum atomic E-state index is 13.6. The number of Topliss-reactive ketones (excluding diaryl/α,β-unsaturated/α-hetero) is 1. The number of ether oxygens (including phenoxy) is 2. The van der Waals surface area contributed by atoms with Crippen molar-refractivity contribution in [3.05, 3.63) is 95.1 Å². The average molecular weight is 446 g/mol. The molecule has 0 unspecified atom stereocenters. The van der Waals surface area contributed by atoms with Gasteiger partial charge in [0.25, 0.3) is 11.7 Å². The average Bonchev–Trinajstić information content (AvgIpc) is 3.09. The van der Waals surface area contributed by atoms with E-state index in [1.807, 2.05) is 0 Å². The van der Waals surface area contributed by atoms with E-state index in [0.717, 1.165) is 0 Å². The Labute approximate surface area is 188 Å². The summed E-state index contributed by atoms with van der Waals surface area (Å²) in [6.07, 6.45) is 3.21. The van der Waals surface area contributed by atoms with Gasteiger partial charge in [-0.15, -0.1) is 0 Å². The lowest BCUT2D eigenvalue weighted by Gasteiger charge is -2.25. The number of hydrogen-bond donors (Lipinski definition) is 1. The Balaban J connectivity index is 1.63. The van der Waals surface area contributed by atoms with Crippen LogP contribution in [0.2, 0.25) is 0 Å². The van der Waals surface area contributed by atoms with Gasteiger partial charge in [0.2, 0.25) is 0 Å². The fourth-order valence-corrected chi connectivity index (χ4v) is 4.07. The van der Waals surface area contributed by atoms with Crippen LogP contribution in [-0.4, -0.2) is 39.9 Å². The number of likely N-dealkylation sites (tertiary alicyclic amines) is 1. The van der Waals surface area contributed by atoms with Crippen molar-refractivity contribution in [3.8, 4) is 11.5 Å². The number of carbonyl (C=O) groups excluding carboxylic acids is 2. The minimum absolute atomic E-state index is 0.0767. The monoisotopic (exact) mass is 446 g/mol. The third kappa shape index (κ3) is 3.80. The van der Waals surface area contributed by atoms with Crippen LogP contribution >= 0.6 is 0 Å². The molecule has 0 saturated carbocycles. The number of amides is 1. The molecule has 3 aromatic rings. The number of pyridine rings is 1. The molecule has 2 aliphatic heterocycles. The van der Waals surface area contributed by atoms with Crippen LogP contribution in [0, 0.1) is 5.82 Å². The smallest absolute Gasteiger partial charge is 0.295 e. The van der Waals surface area contributed by atoms with Crippen LogP contribution in [-0.2, 0) is 16.1 Å². The molecule has 166 valence electrons. The van der Waals surface area contributed by atoms with Crippen molar-refractivity contribution in [2.45, 2.75) is 12.6 Å². The summed E-state index contributed by atoms with van der Waals surface area (Å²) in [6.45, 7) is 0.878. The molecule has 1 N–H and O–H groups in total. The van der Waals surface area contributed by atoms with E-state index in [4.69, 9.17) is 9.47 Å². The highest BCUT2D eigenvalue weighted by Gasteiger charge is 2.46. The highest BCUT2D eigenvalue weighted by molar-refractivity contribution is 6.46. The number of ketones is 1. The van der Waals surface area contributed by atoms with Gasteiger partial charge in [0.15, 0.2) is 11.5 Å². The van der Waals surface area contributed by atoms with Crippen LogP contribution in [0.15, 0.2) is 72.6 Å². The molecule has 8 heteroatoms. The zero-order chi connectivity index (χ0) is 22.9. The molecular formula is C25H19FN2O5. The van der Waals surface area contributed by atoms with Crippen molar-refractivity contribution in [1.82, 2.24) is 9.88 Å². The molecule has 0 radical (unpaired) electrons. The number of nitrogens with zero attached hydrogens (tertiary/aromatic N) is 2. The summed E-state index contributed by atoms with van der Waals surface area (Å²) in [5, 5.41) is 11.2. The number of aliphatic hydroxyl groups is 1. The maximum Gasteiger partial charge on any atom is 0.295 e. The molecule has 0 aliphatic carbocycles. The molecule has 2 aliphatic rings. The largest absolute Gasteiger partial charge is 0.507 e. The van der Waals surface area contributed by atoms with Gasteiger partial charge in [-0.1, -0.05) is 18.2 Å². The van der Waals surface area contributed by atoms with E-state index in [2.05, 4.69) is 4.98 Å². The van der Waals surface area contributed by atoms with Crippen LogP contribution in [0.5, 0.6) is 11.5 Å². The quantitative estimate of drug-likeness (QED) is 0.374. The molecule has 0 bridgehead atoms. The van der Waals surface area contributed by atoms with Crippen LogP contribution in [0.1, 0.15) is 22.7 Å². The second-order valence-electron chi connectivity index (χ2n) is 7.70. The Bertz CT molecular complexity index is 1260. The predicted octanol–water partition coefficient (Wildman–Crippen LogP) is 3.61. The lowest BCUT2D eigenvalue weighted by atomic mass is 9.95. The molecule has 1 amide bonds. The van der Waals surface area contributed by atoms with Crippen LogP contribution in [0.3, 0.4) is 0 Å². The van der Waals surface area contributed by atoms with Gasteiger partial charge in [-0.25, -0.2) is 4.39 Å². The van der Waals surface area contributed by atoms with E-state index in [0.29, 0.717) is 41.4 Å². The first-order valence-corrected chi connectivity index (χ1v) is 10.4. The topological polar surface area (TPSA) is 89.0 Å². The third-order valence-corrected chi connectivity index (χ3v) is 5.62. The van der Waals surface area contributed by atoms with Crippen molar-refractivity contribution in [2.75, 3.05) is 13.2 Å². The van der Waals surface area contributed by atoms with Gasteiger partial charge < -0.3 is 19.5 Å².